The Morgan fingerprint density at radius 1 is 0.235 bits per heavy atom. The molecule has 0 aliphatic rings. The van der Waals surface area contributed by atoms with Gasteiger partial charge in [0.2, 0.25) is 5.95 Å². The standard InChI is InChI=1S/C63H41N5/c1-5-19-42(20-6-1)46-27-17-29-48(37-46)49-35-36-51(44-23-9-3-10-24-44)58(39-49)67-56-33-15-13-31-52(56)54-40-55-53-32-14-16-34-57(53)68(60(55)41-59(54)67)63-65-61(45-25-11-4-12-26-45)64-62(66-63)50-30-18-28-47(38-50)43-21-7-2-8-22-43/h1-41H. The highest BCUT2D eigenvalue weighted by molar-refractivity contribution is 6.19. The van der Waals surface area contributed by atoms with Gasteiger partial charge in [-0.2, -0.15) is 9.97 Å². The van der Waals surface area contributed by atoms with Crippen LogP contribution in [0.3, 0.4) is 0 Å². The molecule has 0 saturated heterocycles. The molecule has 318 valence electrons. The van der Waals surface area contributed by atoms with Gasteiger partial charge < -0.3 is 4.57 Å². The van der Waals surface area contributed by atoms with Gasteiger partial charge in [0.15, 0.2) is 11.6 Å². The lowest BCUT2D eigenvalue weighted by Gasteiger charge is -2.17. The molecule has 0 aliphatic carbocycles. The van der Waals surface area contributed by atoms with Crippen LogP contribution in [-0.2, 0) is 0 Å². The molecule has 3 heterocycles. The quantitative estimate of drug-likeness (QED) is 0.153. The number of rotatable bonds is 8. The number of aromatic nitrogens is 5. The van der Waals surface area contributed by atoms with Gasteiger partial charge in [-0.05, 0) is 81.4 Å². The molecule has 0 unspecified atom stereocenters. The normalized spacial score (nSPS) is 11.5. The zero-order valence-electron chi connectivity index (χ0n) is 36.9. The average molecular weight is 868 g/mol. The van der Waals surface area contributed by atoms with E-state index in [-0.39, 0.29) is 0 Å². The van der Waals surface area contributed by atoms with Crippen LogP contribution in [0, 0.1) is 0 Å². The SMILES string of the molecule is c1ccc(-c2cccc(-c3ccc(-c4ccccc4)c(-n4c5ccccc5c5cc6c7ccccc7n(-c7nc(-c8ccccc8)nc(-c8cccc(-c9ccccc9)c8)n7)c6cc54)c3)c2)cc1. The summed E-state index contributed by atoms with van der Waals surface area (Å²) in [5.74, 6) is 1.77. The van der Waals surface area contributed by atoms with Crippen molar-refractivity contribution in [1.29, 1.82) is 0 Å². The zero-order valence-corrected chi connectivity index (χ0v) is 36.9. The molecule has 0 bridgehead atoms. The minimum Gasteiger partial charge on any atom is -0.309 e. The number of para-hydroxylation sites is 2. The molecule has 0 N–H and O–H groups in total. The van der Waals surface area contributed by atoms with Crippen LogP contribution in [0.2, 0.25) is 0 Å². The lowest BCUT2D eigenvalue weighted by molar-refractivity contribution is 0.953. The smallest absolute Gasteiger partial charge is 0.238 e. The van der Waals surface area contributed by atoms with Gasteiger partial charge in [-0.3, -0.25) is 4.57 Å². The van der Waals surface area contributed by atoms with Crippen molar-refractivity contribution in [3.8, 4) is 78.9 Å². The molecule has 3 aromatic heterocycles. The molecule has 13 aromatic rings. The summed E-state index contributed by atoms with van der Waals surface area (Å²) < 4.78 is 4.69. The molecule has 0 radical (unpaired) electrons. The number of hydrogen-bond donors (Lipinski definition) is 0. The first kappa shape index (κ1) is 39.2. The van der Waals surface area contributed by atoms with Crippen LogP contribution in [0.5, 0.6) is 0 Å². The summed E-state index contributed by atoms with van der Waals surface area (Å²) >= 11 is 0. The van der Waals surface area contributed by atoms with Crippen LogP contribution >= 0.6 is 0 Å². The predicted molar refractivity (Wildman–Crippen MR) is 281 cm³/mol. The summed E-state index contributed by atoms with van der Waals surface area (Å²) in [6.45, 7) is 0. The van der Waals surface area contributed by atoms with Gasteiger partial charge in [0.25, 0.3) is 0 Å². The third kappa shape index (κ3) is 6.76. The van der Waals surface area contributed by atoms with Crippen molar-refractivity contribution in [1.82, 2.24) is 24.1 Å². The molecule has 68 heavy (non-hydrogen) atoms. The van der Waals surface area contributed by atoms with Crippen molar-refractivity contribution in [2.24, 2.45) is 0 Å². The Kier molecular flexibility index (Phi) is 9.43. The summed E-state index contributed by atoms with van der Waals surface area (Å²) in [6, 6.07) is 88.4. The van der Waals surface area contributed by atoms with Crippen molar-refractivity contribution >= 4 is 43.6 Å². The number of fused-ring (bicyclic) bond motifs is 6. The van der Waals surface area contributed by atoms with E-state index >= 15 is 0 Å². The Hall–Kier alpha value is -9.19. The molecule has 13 rings (SSSR count). The molecule has 10 aromatic carbocycles. The van der Waals surface area contributed by atoms with Crippen molar-refractivity contribution in [3.63, 3.8) is 0 Å². The van der Waals surface area contributed by atoms with Crippen LogP contribution in [0.25, 0.3) is 123 Å². The molecule has 0 amide bonds. The second-order valence-electron chi connectivity index (χ2n) is 17.2. The largest absolute Gasteiger partial charge is 0.309 e. The van der Waals surface area contributed by atoms with Crippen LogP contribution in [-0.4, -0.2) is 24.1 Å². The van der Waals surface area contributed by atoms with Gasteiger partial charge in [-0.15, -0.1) is 0 Å². The fraction of sp³-hybridized carbons (Fsp3) is 0. The molecule has 0 saturated carbocycles. The molecule has 0 spiro atoms. The van der Waals surface area contributed by atoms with Gasteiger partial charge >= 0.3 is 0 Å². The Morgan fingerprint density at radius 2 is 0.662 bits per heavy atom. The first-order valence-corrected chi connectivity index (χ1v) is 23.0. The molecule has 5 nitrogen and oxygen atoms in total. The van der Waals surface area contributed by atoms with Crippen LogP contribution in [0.15, 0.2) is 249 Å². The molecule has 0 fully saturated rings. The maximum Gasteiger partial charge on any atom is 0.238 e. The van der Waals surface area contributed by atoms with Crippen molar-refractivity contribution in [2.75, 3.05) is 0 Å². The summed E-state index contributed by atoms with van der Waals surface area (Å²) in [5, 5.41) is 4.61. The van der Waals surface area contributed by atoms with Gasteiger partial charge in [-0.1, -0.05) is 206 Å². The highest BCUT2D eigenvalue weighted by Gasteiger charge is 2.23. The van der Waals surface area contributed by atoms with E-state index in [1.54, 1.807) is 0 Å². The number of hydrogen-bond acceptors (Lipinski definition) is 3. The van der Waals surface area contributed by atoms with E-state index in [9.17, 15) is 0 Å². The fourth-order valence-corrected chi connectivity index (χ4v) is 9.95. The lowest BCUT2D eigenvalue weighted by atomic mass is 9.95. The fourth-order valence-electron chi connectivity index (χ4n) is 9.95. The Labute approximate surface area is 393 Å². The average Bonchev–Trinajstić information content (AvgIpc) is 3.92. The first-order chi connectivity index (χ1) is 33.7. The summed E-state index contributed by atoms with van der Waals surface area (Å²) in [4.78, 5) is 15.9. The van der Waals surface area contributed by atoms with Crippen LogP contribution < -0.4 is 0 Å². The summed E-state index contributed by atoms with van der Waals surface area (Å²) in [5.41, 5.74) is 16.4. The zero-order chi connectivity index (χ0) is 45.0. The third-order valence-corrected chi connectivity index (χ3v) is 13.2. The van der Waals surface area contributed by atoms with E-state index in [1.165, 1.54) is 21.9 Å². The monoisotopic (exact) mass is 867 g/mol. The van der Waals surface area contributed by atoms with E-state index in [4.69, 9.17) is 15.0 Å². The molecule has 0 aliphatic heterocycles. The number of nitrogens with zero attached hydrogens (tertiary/aromatic N) is 5. The summed E-state index contributed by atoms with van der Waals surface area (Å²) in [7, 11) is 0. The maximum absolute atomic E-state index is 5.37. The van der Waals surface area contributed by atoms with E-state index in [0.29, 0.717) is 17.6 Å². The molecule has 0 atom stereocenters. The van der Waals surface area contributed by atoms with Crippen molar-refractivity contribution in [3.05, 3.63) is 249 Å². The molecular formula is C63H41N5. The van der Waals surface area contributed by atoms with Gasteiger partial charge in [-0.25, -0.2) is 4.98 Å². The van der Waals surface area contributed by atoms with E-state index in [0.717, 1.165) is 83.0 Å². The van der Waals surface area contributed by atoms with E-state index in [2.05, 4.69) is 234 Å². The van der Waals surface area contributed by atoms with Gasteiger partial charge in [0.1, 0.15) is 0 Å². The lowest BCUT2D eigenvalue weighted by Crippen LogP contribution is -2.06. The molecular weight excluding hydrogens is 827 g/mol. The Morgan fingerprint density at radius 3 is 1.26 bits per heavy atom. The predicted octanol–water partition coefficient (Wildman–Crippen LogP) is 16.1. The van der Waals surface area contributed by atoms with E-state index < -0.39 is 0 Å². The Balaban J connectivity index is 1.08. The van der Waals surface area contributed by atoms with Crippen molar-refractivity contribution < 1.29 is 0 Å². The minimum atomic E-state index is 0.553. The molecule has 5 heteroatoms. The maximum atomic E-state index is 5.37. The van der Waals surface area contributed by atoms with E-state index in [1.807, 2.05) is 24.3 Å². The third-order valence-electron chi connectivity index (χ3n) is 13.2. The van der Waals surface area contributed by atoms with Gasteiger partial charge in [0.05, 0.1) is 27.8 Å². The highest BCUT2D eigenvalue weighted by atomic mass is 15.2. The van der Waals surface area contributed by atoms with Gasteiger partial charge in [0, 0.05) is 38.2 Å². The van der Waals surface area contributed by atoms with Crippen LogP contribution in [0.1, 0.15) is 0 Å². The second-order valence-corrected chi connectivity index (χ2v) is 17.2. The Bertz CT molecular complexity index is 4010. The number of benzene rings is 10. The minimum absolute atomic E-state index is 0.553. The van der Waals surface area contributed by atoms with Crippen LogP contribution in [0.4, 0.5) is 0 Å². The summed E-state index contributed by atoms with van der Waals surface area (Å²) in [6.07, 6.45) is 0. The second kappa shape index (κ2) is 16.4. The first-order valence-electron chi connectivity index (χ1n) is 23.0. The highest BCUT2D eigenvalue weighted by Crippen LogP contribution is 2.42. The van der Waals surface area contributed by atoms with Crippen molar-refractivity contribution in [2.45, 2.75) is 0 Å². The topological polar surface area (TPSA) is 48.5 Å².